The first-order chi connectivity index (χ1) is 5.24. The van der Waals surface area contributed by atoms with E-state index < -0.39 is 12.0 Å². The number of halogens is 1. The number of nitrogens with two attached hydrogens (primary N) is 1. The molecule has 1 aromatic heterocycles. The highest BCUT2D eigenvalue weighted by molar-refractivity contribution is 5.13. The molecule has 0 saturated heterocycles. The number of aliphatic hydroxyl groups is 1. The molecule has 3 N–H and O–H groups in total. The molecule has 1 rings (SSSR count). The lowest BCUT2D eigenvalue weighted by molar-refractivity contribution is 0.267. The third kappa shape index (κ3) is 1.96. The lowest BCUT2D eigenvalue weighted by Gasteiger charge is -2.06. The molecule has 0 bridgehead atoms. The van der Waals surface area contributed by atoms with Crippen molar-refractivity contribution in [2.24, 2.45) is 5.73 Å². The Balaban J connectivity index is 2.81. The minimum atomic E-state index is -0.543. The Bertz CT molecular complexity index is 224. The van der Waals surface area contributed by atoms with Gasteiger partial charge in [0.2, 0.25) is 5.95 Å². The van der Waals surface area contributed by atoms with E-state index in [1.54, 1.807) is 0 Å². The van der Waals surface area contributed by atoms with Crippen molar-refractivity contribution >= 4 is 0 Å². The fourth-order valence-corrected chi connectivity index (χ4v) is 0.712. The van der Waals surface area contributed by atoms with E-state index >= 15 is 0 Å². The summed E-state index contributed by atoms with van der Waals surface area (Å²) in [4.78, 5) is 3.39. The molecular formula is C7H9FN2O. The zero-order valence-corrected chi connectivity index (χ0v) is 5.87. The monoisotopic (exact) mass is 156 g/mol. The first-order valence-electron chi connectivity index (χ1n) is 3.22. The van der Waals surface area contributed by atoms with Gasteiger partial charge in [0.25, 0.3) is 0 Å². The summed E-state index contributed by atoms with van der Waals surface area (Å²) in [6.07, 6.45) is 1.32. The maximum absolute atomic E-state index is 12.2. The molecule has 1 aromatic rings. The molecule has 60 valence electrons. The molecule has 1 heterocycles. The van der Waals surface area contributed by atoms with Gasteiger partial charge >= 0.3 is 0 Å². The topological polar surface area (TPSA) is 59.1 Å². The average molecular weight is 156 g/mol. The predicted molar refractivity (Wildman–Crippen MR) is 38.2 cm³/mol. The number of pyridine rings is 1. The Hall–Kier alpha value is -1.00. The van der Waals surface area contributed by atoms with Crippen LogP contribution in [0.2, 0.25) is 0 Å². The quantitative estimate of drug-likeness (QED) is 0.602. The normalized spacial score (nSPS) is 13.0. The summed E-state index contributed by atoms with van der Waals surface area (Å²) >= 11 is 0. The molecule has 0 aliphatic rings. The van der Waals surface area contributed by atoms with Crippen molar-refractivity contribution in [2.45, 2.75) is 6.04 Å². The summed E-state index contributed by atoms with van der Waals surface area (Å²) in [7, 11) is 0. The minimum absolute atomic E-state index is 0.159. The first-order valence-corrected chi connectivity index (χ1v) is 3.22. The van der Waals surface area contributed by atoms with Gasteiger partial charge in [-0.1, -0.05) is 6.07 Å². The zero-order chi connectivity index (χ0) is 8.27. The Kier molecular flexibility index (Phi) is 2.51. The lowest BCUT2D eigenvalue weighted by Crippen LogP contribution is -2.14. The van der Waals surface area contributed by atoms with Gasteiger partial charge < -0.3 is 10.8 Å². The Morgan fingerprint density at radius 1 is 1.64 bits per heavy atom. The molecule has 0 spiro atoms. The number of aliphatic hydroxyl groups excluding tert-OH is 1. The standard InChI is InChI=1S/C7H9FN2O/c8-7-2-1-5(3-10-7)6(9)4-11/h1-3,6,11H,4,9H2/t6-/m0/s1. The summed E-state index contributed by atoms with van der Waals surface area (Å²) < 4.78 is 12.2. The van der Waals surface area contributed by atoms with Crippen LogP contribution in [0.5, 0.6) is 0 Å². The van der Waals surface area contributed by atoms with Crippen LogP contribution >= 0.6 is 0 Å². The van der Waals surface area contributed by atoms with E-state index in [0.717, 1.165) is 0 Å². The van der Waals surface area contributed by atoms with Crippen molar-refractivity contribution < 1.29 is 9.50 Å². The average Bonchev–Trinajstić information content (AvgIpc) is 2.05. The molecule has 0 fully saturated rings. The maximum Gasteiger partial charge on any atom is 0.212 e. The Morgan fingerprint density at radius 2 is 2.36 bits per heavy atom. The second-order valence-corrected chi connectivity index (χ2v) is 2.20. The maximum atomic E-state index is 12.2. The van der Waals surface area contributed by atoms with Crippen LogP contribution in [0.4, 0.5) is 4.39 Å². The van der Waals surface area contributed by atoms with Crippen LogP contribution in [0.3, 0.4) is 0 Å². The highest BCUT2D eigenvalue weighted by atomic mass is 19.1. The van der Waals surface area contributed by atoms with Crippen LogP contribution in [0.15, 0.2) is 18.3 Å². The molecule has 0 unspecified atom stereocenters. The van der Waals surface area contributed by atoms with Crippen molar-refractivity contribution in [1.82, 2.24) is 4.98 Å². The summed E-state index contributed by atoms with van der Waals surface area (Å²) in [5, 5.41) is 8.61. The molecule has 11 heavy (non-hydrogen) atoms. The number of nitrogens with zero attached hydrogens (tertiary/aromatic N) is 1. The Labute approximate surface area is 63.7 Å². The smallest absolute Gasteiger partial charge is 0.212 e. The van der Waals surface area contributed by atoms with Crippen LogP contribution < -0.4 is 5.73 Å². The summed E-state index contributed by atoms with van der Waals surface area (Å²) in [5.41, 5.74) is 6.07. The van der Waals surface area contributed by atoms with E-state index in [1.165, 1.54) is 18.3 Å². The molecule has 0 saturated carbocycles. The van der Waals surface area contributed by atoms with Crippen molar-refractivity contribution in [3.05, 3.63) is 29.8 Å². The second-order valence-electron chi connectivity index (χ2n) is 2.20. The fourth-order valence-electron chi connectivity index (χ4n) is 0.712. The van der Waals surface area contributed by atoms with Crippen molar-refractivity contribution in [1.29, 1.82) is 0 Å². The van der Waals surface area contributed by atoms with Gasteiger partial charge in [0.15, 0.2) is 0 Å². The van der Waals surface area contributed by atoms with Crippen LogP contribution in [0, 0.1) is 5.95 Å². The lowest BCUT2D eigenvalue weighted by atomic mass is 10.1. The van der Waals surface area contributed by atoms with Crippen molar-refractivity contribution in [3.63, 3.8) is 0 Å². The van der Waals surface area contributed by atoms with Gasteiger partial charge in [-0.15, -0.1) is 0 Å². The SMILES string of the molecule is N[C@@H](CO)c1ccc(F)nc1. The van der Waals surface area contributed by atoms with Gasteiger partial charge in [-0.3, -0.25) is 0 Å². The first kappa shape index (κ1) is 8.10. The van der Waals surface area contributed by atoms with Crippen LogP contribution in [0.25, 0.3) is 0 Å². The zero-order valence-electron chi connectivity index (χ0n) is 5.87. The molecule has 0 aliphatic carbocycles. The molecule has 1 atom stereocenters. The third-order valence-electron chi connectivity index (χ3n) is 1.38. The van der Waals surface area contributed by atoms with E-state index in [2.05, 4.69) is 4.98 Å². The molecule has 0 aromatic carbocycles. The molecular weight excluding hydrogens is 147 g/mol. The molecule has 3 nitrogen and oxygen atoms in total. The molecule has 0 aliphatic heterocycles. The number of rotatable bonds is 2. The van der Waals surface area contributed by atoms with Gasteiger partial charge in [0.05, 0.1) is 12.6 Å². The number of hydrogen-bond donors (Lipinski definition) is 2. The van der Waals surface area contributed by atoms with E-state index in [9.17, 15) is 4.39 Å². The summed E-state index contributed by atoms with van der Waals surface area (Å²) in [5.74, 6) is -0.543. The minimum Gasteiger partial charge on any atom is -0.394 e. The third-order valence-corrected chi connectivity index (χ3v) is 1.38. The number of aromatic nitrogens is 1. The van der Waals surface area contributed by atoms with E-state index in [0.29, 0.717) is 5.56 Å². The van der Waals surface area contributed by atoms with E-state index in [-0.39, 0.29) is 6.61 Å². The van der Waals surface area contributed by atoms with E-state index in [4.69, 9.17) is 10.8 Å². The summed E-state index contributed by atoms with van der Waals surface area (Å²) in [6, 6.07) is 2.25. The number of hydrogen-bond acceptors (Lipinski definition) is 3. The highest BCUT2D eigenvalue weighted by Gasteiger charge is 2.03. The molecule has 4 heteroatoms. The van der Waals surface area contributed by atoms with E-state index in [1.807, 2.05) is 0 Å². The summed E-state index contributed by atoms with van der Waals surface area (Å²) in [6.45, 7) is -0.159. The van der Waals surface area contributed by atoms with Gasteiger partial charge in [-0.25, -0.2) is 4.98 Å². The van der Waals surface area contributed by atoms with Crippen molar-refractivity contribution in [2.75, 3.05) is 6.61 Å². The largest absolute Gasteiger partial charge is 0.394 e. The van der Waals surface area contributed by atoms with Gasteiger partial charge in [-0.05, 0) is 11.6 Å². The van der Waals surface area contributed by atoms with Crippen LogP contribution in [-0.4, -0.2) is 16.7 Å². The highest BCUT2D eigenvalue weighted by Crippen LogP contribution is 2.07. The Morgan fingerprint density at radius 3 is 2.82 bits per heavy atom. The molecule has 0 radical (unpaired) electrons. The van der Waals surface area contributed by atoms with Gasteiger partial charge in [-0.2, -0.15) is 4.39 Å². The fraction of sp³-hybridized carbons (Fsp3) is 0.286. The van der Waals surface area contributed by atoms with Crippen LogP contribution in [-0.2, 0) is 0 Å². The van der Waals surface area contributed by atoms with Crippen LogP contribution in [0.1, 0.15) is 11.6 Å². The molecule has 0 amide bonds. The van der Waals surface area contributed by atoms with Crippen molar-refractivity contribution in [3.8, 4) is 0 Å². The van der Waals surface area contributed by atoms with Gasteiger partial charge in [0.1, 0.15) is 0 Å². The predicted octanol–water partition coefficient (Wildman–Crippen LogP) is 0.213. The second kappa shape index (κ2) is 3.41. The van der Waals surface area contributed by atoms with Gasteiger partial charge in [0, 0.05) is 6.20 Å².